The molecule has 0 spiro atoms. The van der Waals surface area contributed by atoms with Crippen LogP contribution < -0.4 is 0 Å². The van der Waals surface area contributed by atoms with Gasteiger partial charge in [0.05, 0.1) is 12.2 Å². The van der Waals surface area contributed by atoms with Crippen molar-refractivity contribution >= 4 is 0 Å². The maximum Gasteiger partial charge on any atom is 0.0514 e. The van der Waals surface area contributed by atoms with E-state index in [4.69, 9.17) is 0 Å². The molecule has 0 amide bonds. The van der Waals surface area contributed by atoms with Crippen molar-refractivity contribution in [3.63, 3.8) is 0 Å². The molecule has 1 aliphatic rings. The molecule has 0 heterocycles. The Kier molecular flexibility index (Phi) is 4.90. The van der Waals surface area contributed by atoms with Crippen LogP contribution in [0.1, 0.15) is 52.4 Å². The van der Waals surface area contributed by atoms with Crippen molar-refractivity contribution < 1.29 is 10.2 Å². The van der Waals surface area contributed by atoms with Crippen molar-refractivity contribution in [3.8, 4) is 0 Å². The molecule has 0 aromatic carbocycles. The van der Waals surface area contributed by atoms with Gasteiger partial charge in [0.2, 0.25) is 0 Å². The second-order valence-corrected chi connectivity index (χ2v) is 4.97. The number of hydrogen-bond donors (Lipinski definition) is 2. The Labute approximate surface area is 87.3 Å². The molecule has 2 nitrogen and oxygen atoms in total. The van der Waals surface area contributed by atoms with Crippen LogP contribution >= 0.6 is 0 Å². The summed E-state index contributed by atoms with van der Waals surface area (Å²) in [5.74, 6) is 1.27. The number of aliphatic hydroxyl groups excluding tert-OH is 2. The number of rotatable bonds is 4. The lowest BCUT2D eigenvalue weighted by atomic mass is 9.74. The molecule has 1 fully saturated rings. The summed E-state index contributed by atoms with van der Waals surface area (Å²) in [6.45, 7) is 3.74. The standard InChI is InChI=1S/C12H24O2/c1-9(13)7-11-5-3-4-6-12(11)8-10(2)14/h9-14H,3-8H2,1-2H3. The minimum absolute atomic E-state index is 0.186. The monoisotopic (exact) mass is 200 g/mol. The van der Waals surface area contributed by atoms with Gasteiger partial charge >= 0.3 is 0 Å². The normalized spacial score (nSPS) is 32.6. The second kappa shape index (κ2) is 5.72. The van der Waals surface area contributed by atoms with Gasteiger partial charge in [0, 0.05) is 0 Å². The molecular weight excluding hydrogens is 176 g/mol. The Bertz CT molecular complexity index is 136. The third-order valence-electron chi connectivity index (χ3n) is 3.35. The molecule has 0 aromatic heterocycles. The van der Waals surface area contributed by atoms with E-state index in [2.05, 4.69) is 0 Å². The summed E-state index contributed by atoms with van der Waals surface area (Å²) in [4.78, 5) is 0. The molecule has 2 N–H and O–H groups in total. The van der Waals surface area contributed by atoms with Crippen molar-refractivity contribution in [1.82, 2.24) is 0 Å². The van der Waals surface area contributed by atoms with E-state index in [0.717, 1.165) is 12.8 Å². The van der Waals surface area contributed by atoms with Crippen molar-refractivity contribution in [2.45, 2.75) is 64.6 Å². The molecule has 1 saturated carbocycles. The van der Waals surface area contributed by atoms with E-state index in [1.165, 1.54) is 25.7 Å². The van der Waals surface area contributed by atoms with Gasteiger partial charge in [-0.1, -0.05) is 25.7 Å². The van der Waals surface area contributed by atoms with Crippen molar-refractivity contribution in [3.05, 3.63) is 0 Å². The van der Waals surface area contributed by atoms with Gasteiger partial charge < -0.3 is 10.2 Å². The van der Waals surface area contributed by atoms with E-state index in [9.17, 15) is 10.2 Å². The summed E-state index contributed by atoms with van der Waals surface area (Å²) >= 11 is 0. The Morgan fingerprint density at radius 3 is 1.57 bits per heavy atom. The van der Waals surface area contributed by atoms with Crippen LogP contribution in [0.2, 0.25) is 0 Å². The van der Waals surface area contributed by atoms with Crippen molar-refractivity contribution in [2.24, 2.45) is 11.8 Å². The second-order valence-electron chi connectivity index (χ2n) is 4.97. The predicted molar refractivity (Wildman–Crippen MR) is 58.0 cm³/mol. The highest BCUT2D eigenvalue weighted by Crippen LogP contribution is 2.35. The predicted octanol–water partition coefficient (Wildman–Crippen LogP) is 2.33. The molecule has 0 aliphatic heterocycles. The van der Waals surface area contributed by atoms with E-state index < -0.39 is 0 Å². The fraction of sp³-hybridized carbons (Fsp3) is 1.00. The van der Waals surface area contributed by atoms with Crippen LogP contribution in [0.3, 0.4) is 0 Å². The SMILES string of the molecule is CC(O)CC1CCCCC1CC(C)O. The highest BCUT2D eigenvalue weighted by atomic mass is 16.3. The average molecular weight is 200 g/mol. The molecule has 0 saturated heterocycles. The molecule has 0 bridgehead atoms. The van der Waals surface area contributed by atoms with Gasteiger partial charge in [0.1, 0.15) is 0 Å². The molecule has 4 atom stereocenters. The van der Waals surface area contributed by atoms with Crippen LogP contribution in [-0.2, 0) is 0 Å². The van der Waals surface area contributed by atoms with Crippen LogP contribution in [0.4, 0.5) is 0 Å². The van der Waals surface area contributed by atoms with Gasteiger partial charge in [0.25, 0.3) is 0 Å². The molecule has 0 radical (unpaired) electrons. The Morgan fingerprint density at radius 2 is 1.29 bits per heavy atom. The topological polar surface area (TPSA) is 40.5 Å². The zero-order valence-electron chi connectivity index (χ0n) is 9.45. The van der Waals surface area contributed by atoms with Gasteiger partial charge in [-0.05, 0) is 38.5 Å². The minimum Gasteiger partial charge on any atom is -0.393 e. The lowest BCUT2D eigenvalue weighted by Crippen LogP contribution is -2.25. The first kappa shape index (κ1) is 12.0. The zero-order chi connectivity index (χ0) is 10.6. The maximum absolute atomic E-state index is 9.39. The first-order chi connectivity index (χ1) is 6.59. The van der Waals surface area contributed by atoms with Gasteiger partial charge in [-0.3, -0.25) is 0 Å². The molecule has 2 heteroatoms. The third-order valence-corrected chi connectivity index (χ3v) is 3.35. The average Bonchev–Trinajstić information content (AvgIpc) is 2.06. The molecule has 4 unspecified atom stereocenters. The molecule has 84 valence electrons. The highest BCUT2D eigenvalue weighted by Gasteiger charge is 2.26. The van der Waals surface area contributed by atoms with Gasteiger partial charge in [-0.2, -0.15) is 0 Å². The van der Waals surface area contributed by atoms with E-state index >= 15 is 0 Å². The molecule has 1 rings (SSSR count). The summed E-state index contributed by atoms with van der Waals surface area (Å²) in [7, 11) is 0. The van der Waals surface area contributed by atoms with Crippen molar-refractivity contribution in [1.29, 1.82) is 0 Å². The van der Waals surface area contributed by atoms with Crippen LogP contribution in [0, 0.1) is 11.8 Å². The summed E-state index contributed by atoms with van der Waals surface area (Å²) < 4.78 is 0. The van der Waals surface area contributed by atoms with Crippen LogP contribution in [0.15, 0.2) is 0 Å². The fourth-order valence-electron chi connectivity index (χ4n) is 2.78. The number of aliphatic hydroxyl groups is 2. The lowest BCUT2D eigenvalue weighted by molar-refractivity contribution is 0.0821. The number of hydrogen-bond acceptors (Lipinski definition) is 2. The third kappa shape index (κ3) is 3.97. The Morgan fingerprint density at radius 1 is 0.929 bits per heavy atom. The van der Waals surface area contributed by atoms with Gasteiger partial charge in [0.15, 0.2) is 0 Å². The molecule has 1 aliphatic carbocycles. The molecule has 0 aromatic rings. The summed E-state index contributed by atoms with van der Waals surface area (Å²) in [5, 5.41) is 18.8. The zero-order valence-corrected chi connectivity index (χ0v) is 9.45. The van der Waals surface area contributed by atoms with Gasteiger partial charge in [-0.15, -0.1) is 0 Å². The quantitative estimate of drug-likeness (QED) is 0.731. The summed E-state index contributed by atoms with van der Waals surface area (Å²) in [6, 6.07) is 0. The van der Waals surface area contributed by atoms with E-state index in [0.29, 0.717) is 11.8 Å². The first-order valence-electron chi connectivity index (χ1n) is 5.95. The van der Waals surface area contributed by atoms with Crippen LogP contribution in [0.25, 0.3) is 0 Å². The Balaban J connectivity index is 2.41. The van der Waals surface area contributed by atoms with E-state index in [1.54, 1.807) is 0 Å². The fourth-order valence-corrected chi connectivity index (χ4v) is 2.78. The molecular formula is C12H24O2. The van der Waals surface area contributed by atoms with Crippen LogP contribution in [-0.4, -0.2) is 22.4 Å². The molecule has 14 heavy (non-hydrogen) atoms. The smallest absolute Gasteiger partial charge is 0.0514 e. The van der Waals surface area contributed by atoms with Crippen LogP contribution in [0.5, 0.6) is 0 Å². The Hall–Kier alpha value is -0.0800. The largest absolute Gasteiger partial charge is 0.393 e. The van der Waals surface area contributed by atoms with Gasteiger partial charge in [-0.25, -0.2) is 0 Å². The maximum atomic E-state index is 9.39. The summed E-state index contributed by atoms with van der Waals surface area (Å²) in [6.07, 6.45) is 6.53. The minimum atomic E-state index is -0.186. The van der Waals surface area contributed by atoms with E-state index in [1.807, 2.05) is 13.8 Å². The lowest BCUT2D eigenvalue weighted by Gasteiger charge is -2.33. The van der Waals surface area contributed by atoms with Crippen molar-refractivity contribution in [2.75, 3.05) is 0 Å². The first-order valence-corrected chi connectivity index (χ1v) is 5.95. The summed E-state index contributed by atoms with van der Waals surface area (Å²) in [5.41, 5.74) is 0. The highest BCUT2D eigenvalue weighted by molar-refractivity contribution is 4.78. The van der Waals surface area contributed by atoms with E-state index in [-0.39, 0.29) is 12.2 Å².